The summed E-state index contributed by atoms with van der Waals surface area (Å²) in [4.78, 5) is 5.07. The molecule has 1 aromatic heterocycles. The molecular weight excluding hydrogens is 460 g/mol. The van der Waals surface area contributed by atoms with Gasteiger partial charge in [0.2, 0.25) is 0 Å². The van der Waals surface area contributed by atoms with E-state index in [4.69, 9.17) is 0 Å². The first kappa shape index (κ1) is 24.0. The van der Waals surface area contributed by atoms with Gasteiger partial charge in [0.05, 0.1) is 34.7 Å². The Morgan fingerprint density at radius 1 is 1.03 bits per heavy atom. The van der Waals surface area contributed by atoms with Crippen LogP contribution in [0.4, 0.5) is 14.5 Å². The van der Waals surface area contributed by atoms with Crippen LogP contribution >= 0.6 is 0 Å². The third-order valence-corrected chi connectivity index (χ3v) is 6.76. The van der Waals surface area contributed by atoms with Crippen LogP contribution in [0.2, 0.25) is 0 Å². The van der Waals surface area contributed by atoms with Gasteiger partial charge in [-0.15, -0.1) is 0 Å². The highest BCUT2D eigenvalue weighted by molar-refractivity contribution is 7.86. The summed E-state index contributed by atoms with van der Waals surface area (Å²) < 4.78 is 44.2. The summed E-state index contributed by atoms with van der Waals surface area (Å²) in [7, 11) is -1.71. The first-order valence-corrected chi connectivity index (χ1v) is 12.0. The highest BCUT2D eigenvalue weighted by Gasteiger charge is 2.20. The maximum Gasteiger partial charge on any atom is 0.169 e. The normalized spacial score (nSPS) is 12.4. The smallest absolute Gasteiger partial charge is 0.169 e. The van der Waals surface area contributed by atoms with E-state index in [9.17, 15) is 23.2 Å². The molecule has 4 aromatic rings. The van der Waals surface area contributed by atoms with Gasteiger partial charge >= 0.3 is 0 Å². The minimum atomic E-state index is -1.71. The van der Waals surface area contributed by atoms with Crippen LogP contribution in [0.15, 0.2) is 71.6 Å². The molecule has 0 fully saturated rings. The van der Waals surface area contributed by atoms with Gasteiger partial charge in [0, 0.05) is 6.42 Å². The van der Waals surface area contributed by atoms with Crippen molar-refractivity contribution in [2.24, 2.45) is 0 Å². The summed E-state index contributed by atoms with van der Waals surface area (Å²) >= 11 is 0. The largest absolute Gasteiger partial charge is 0.367 e. The summed E-state index contributed by atoms with van der Waals surface area (Å²) in [6, 6.07) is 16.8. The van der Waals surface area contributed by atoms with Crippen LogP contribution in [-0.4, -0.2) is 30.3 Å². The molecular formula is C25H25F2N3O3S. The molecule has 0 radical (unpaired) electrons. The van der Waals surface area contributed by atoms with Crippen molar-refractivity contribution in [3.8, 4) is 0 Å². The van der Waals surface area contributed by atoms with Gasteiger partial charge in [0.1, 0.15) is 17.5 Å². The van der Waals surface area contributed by atoms with Crippen molar-refractivity contribution in [3.63, 3.8) is 0 Å². The lowest BCUT2D eigenvalue weighted by Crippen LogP contribution is -2.25. The third kappa shape index (κ3) is 5.32. The molecule has 0 aliphatic rings. The van der Waals surface area contributed by atoms with E-state index in [1.165, 1.54) is 36.4 Å². The Labute approximate surface area is 198 Å². The standard InChI is InChI=1S/C25H25F2N3O3S/c1-2-4-24-28-22-14-20(9-12-23(22)29(24)16-25(31)32)30(15-17-5-3-6-19(27)13-17)34(33)21-10-7-18(26)8-11-21/h3,5-14,25,31-32H,2,4,15-16H2,1H3. The number of nitrogens with zero attached hydrogens (tertiary/aromatic N) is 3. The Hall–Kier alpha value is -3.14. The molecule has 9 heteroatoms. The van der Waals surface area contributed by atoms with Crippen molar-refractivity contribution in [2.45, 2.75) is 44.0 Å². The topological polar surface area (TPSA) is 78.6 Å². The fourth-order valence-corrected chi connectivity index (χ4v) is 5.02. The lowest BCUT2D eigenvalue weighted by atomic mass is 10.2. The number of anilines is 1. The monoisotopic (exact) mass is 485 g/mol. The fourth-order valence-electron chi connectivity index (χ4n) is 3.83. The van der Waals surface area contributed by atoms with Crippen LogP contribution in [0.1, 0.15) is 24.7 Å². The van der Waals surface area contributed by atoms with Gasteiger partial charge in [-0.25, -0.2) is 18.0 Å². The number of aliphatic hydroxyl groups is 2. The fraction of sp³-hybridized carbons (Fsp3) is 0.240. The minimum Gasteiger partial charge on any atom is -0.367 e. The Morgan fingerprint density at radius 3 is 2.47 bits per heavy atom. The highest BCUT2D eigenvalue weighted by Crippen LogP contribution is 2.28. The number of benzene rings is 3. The van der Waals surface area contributed by atoms with Crippen molar-refractivity contribution in [1.82, 2.24) is 9.55 Å². The lowest BCUT2D eigenvalue weighted by molar-refractivity contribution is -0.0510. The Morgan fingerprint density at radius 2 is 1.79 bits per heavy atom. The number of aryl methyl sites for hydroxylation is 1. The van der Waals surface area contributed by atoms with Gasteiger partial charge in [-0.1, -0.05) is 19.1 Å². The average Bonchev–Trinajstić information content (AvgIpc) is 3.13. The average molecular weight is 486 g/mol. The molecule has 1 unspecified atom stereocenters. The maximum absolute atomic E-state index is 13.8. The quantitative estimate of drug-likeness (QED) is 0.347. The molecule has 0 spiro atoms. The maximum atomic E-state index is 13.8. The predicted octanol–water partition coefficient (Wildman–Crippen LogP) is 4.31. The number of fused-ring (bicyclic) bond motifs is 1. The molecule has 0 aliphatic carbocycles. The third-order valence-electron chi connectivity index (χ3n) is 5.35. The first-order chi connectivity index (χ1) is 16.4. The molecule has 0 bridgehead atoms. The van der Waals surface area contributed by atoms with Crippen molar-refractivity contribution < 1.29 is 23.2 Å². The van der Waals surface area contributed by atoms with E-state index >= 15 is 0 Å². The highest BCUT2D eigenvalue weighted by atomic mass is 32.2. The predicted molar refractivity (Wildman–Crippen MR) is 127 cm³/mol. The van der Waals surface area contributed by atoms with E-state index in [-0.39, 0.29) is 13.1 Å². The number of halogens is 2. The van der Waals surface area contributed by atoms with Crippen LogP contribution in [0.3, 0.4) is 0 Å². The molecule has 3 aromatic carbocycles. The SMILES string of the molecule is CCCc1nc2cc(N(Cc3cccc(F)c3)S(=O)c3ccc(F)cc3)ccc2n1CC(O)O. The molecule has 0 saturated heterocycles. The van der Waals surface area contributed by atoms with Crippen LogP contribution in [0.25, 0.3) is 11.0 Å². The zero-order valence-corrected chi connectivity index (χ0v) is 19.4. The van der Waals surface area contributed by atoms with E-state index in [2.05, 4.69) is 4.98 Å². The zero-order valence-electron chi connectivity index (χ0n) is 18.6. The summed E-state index contributed by atoms with van der Waals surface area (Å²) in [6.07, 6.45) is -0.0356. The number of aromatic nitrogens is 2. The molecule has 0 amide bonds. The first-order valence-electron chi connectivity index (χ1n) is 10.9. The van der Waals surface area contributed by atoms with Crippen LogP contribution < -0.4 is 4.31 Å². The Balaban J connectivity index is 1.78. The minimum absolute atomic E-state index is 0.0142. The number of rotatable bonds is 9. The summed E-state index contributed by atoms with van der Waals surface area (Å²) in [5, 5.41) is 19.1. The van der Waals surface area contributed by atoms with E-state index < -0.39 is 28.9 Å². The number of aliphatic hydroxyl groups excluding tert-OH is 1. The van der Waals surface area contributed by atoms with Crippen molar-refractivity contribution in [3.05, 3.63) is 89.8 Å². The molecule has 6 nitrogen and oxygen atoms in total. The van der Waals surface area contributed by atoms with Gasteiger partial charge in [-0.2, -0.15) is 0 Å². The number of hydrogen-bond donors (Lipinski definition) is 2. The van der Waals surface area contributed by atoms with Gasteiger partial charge < -0.3 is 14.8 Å². The van der Waals surface area contributed by atoms with E-state index in [0.29, 0.717) is 28.1 Å². The second kappa shape index (κ2) is 10.4. The zero-order chi connectivity index (χ0) is 24.2. The molecule has 4 rings (SSSR count). The van der Waals surface area contributed by atoms with E-state index in [0.717, 1.165) is 17.8 Å². The molecule has 0 aliphatic heterocycles. The molecule has 0 saturated carbocycles. The molecule has 1 heterocycles. The van der Waals surface area contributed by atoms with Crippen LogP contribution in [0, 0.1) is 11.6 Å². The van der Waals surface area contributed by atoms with Crippen molar-refractivity contribution in [1.29, 1.82) is 0 Å². The second-order valence-electron chi connectivity index (χ2n) is 7.91. The van der Waals surface area contributed by atoms with Crippen molar-refractivity contribution >= 4 is 27.7 Å². The molecule has 178 valence electrons. The van der Waals surface area contributed by atoms with Gasteiger partial charge in [-0.3, -0.25) is 4.31 Å². The van der Waals surface area contributed by atoms with Crippen LogP contribution in [0.5, 0.6) is 0 Å². The van der Waals surface area contributed by atoms with Gasteiger partial charge in [0.25, 0.3) is 0 Å². The molecule has 2 N–H and O–H groups in total. The molecule has 34 heavy (non-hydrogen) atoms. The van der Waals surface area contributed by atoms with Crippen molar-refractivity contribution in [2.75, 3.05) is 4.31 Å². The van der Waals surface area contributed by atoms with Gasteiger partial charge in [-0.05, 0) is 66.6 Å². The summed E-state index contributed by atoms with van der Waals surface area (Å²) in [6.45, 7) is 2.14. The Kier molecular flexibility index (Phi) is 7.35. The second-order valence-corrected chi connectivity index (χ2v) is 9.32. The van der Waals surface area contributed by atoms with E-state index in [1.807, 2.05) is 6.92 Å². The summed E-state index contributed by atoms with van der Waals surface area (Å²) in [5.41, 5.74) is 2.54. The number of imidazole rings is 1. The number of hydrogen-bond acceptors (Lipinski definition) is 4. The van der Waals surface area contributed by atoms with Gasteiger partial charge in [0.15, 0.2) is 17.3 Å². The lowest BCUT2D eigenvalue weighted by Gasteiger charge is -2.24. The summed E-state index contributed by atoms with van der Waals surface area (Å²) in [5.74, 6) is -0.107. The molecule has 1 atom stereocenters. The van der Waals surface area contributed by atoms with Crippen LogP contribution in [-0.2, 0) is 30.5 Å². The van der Waals surface area contributed by atoms with E-state index in [1.54, 1.807) is 39.2 Å². The Bertz CT molecular complexity index is 1310.